The summed E-state index contributed by atoms with van der Waals surface area (Å²) in [7, 11) is 0. The van der Waals surface area contributed by atoms with E-state index in [9.17, 15) is 27.2 Å². The van der Waals surface area contributed by atoms with E-state index in [0.717, 1.165) is 36.7 Å². The molecule has 1 unspecified atom stereocenters. The predicted octanol–water partition coefficient (Wildman–Crippen LogP) is 6.70. The fraction of sp³-hybridized carbons (Fsp3) is 0.270. The SMILES string of the molecule is CC1(C(=O)N2CCCC(c3nc(-c4ccc(C(=O)Nc5cc(C(F)(F)F)ccn5)cc4)c4c(N)ncc(/C=C/c5ccc(F)cc5)n34)C2)COC1. The highest BCUT2D eigenvalue weighted by Crippen LogP contribution is 2.37. The third kappa shape index (κ3) is 6.78. The Labute approximate surface area is 290 Å². The molecular weight excluding hydrogens is 666 g/mol. The van der Waals surface area contributed by atoms with Gasteiger partial charge in [0.05, 0.1) is 36.1 Å². The first-order valence-electron chi connectivity index (χ1n) is 16.3. The summed E-state index contributed by atoms with van der Waals surface area (Å²) in [5.74, 6) is -0.441. The summed E-state index contributed by atoms with van der Waals surface area (Å²) in [6, 6.07) is 14.1. The zero-order valence-electron chi connectivity index (χ0n) is 27.5. The number of rotatable bonds is 7. The number of amides is 2. The number of carbonyl (C=O) groups is 2. The molecule has 2 amide bonds. The molecular formula is C37H33F4N7O3. The molecule has 10 nitrogen and oxygen atoms in total. The van der Waals surface area contributed by atoms with E-state index in [1.54, 1.807) is 30.5 Å². The minimum atomic E-state index is -4.58. The van der Waals surface area contributed by atoms with E-state index in [0.29, 0.717) is 54.6 Å². The van der Waals surface area contributed by atoms with E-state index >= 15 is 0 Å². The molecule has 2 aromatic carbocycles. The number of likely N-dealkylation sites (tertiary alicyclic amines) is 1. The van der Waals surface area contributed by atoms with Crippen molar-refractivity contribution >= 4 is 41.1 Å². The van der Waals surface area contributed by atoms with Gasteiger partial charge >= 0.3 is 6.18 Å². The van der Waals surface area contributed by atoms with Crippen molar-refractivity contribution in [2.75, 3.05) is 37.4 Å². The van der Waals surface area contributed by atoms with Crippen LogP contribution in [0.25, 0.3) is 28.9 Å². The van der Waals surface area contributed by atoms with E-state index in [1.807, 2.05) is 28.4 Å². The number of nitrogens with zero attached hydrogens (tertiary/aromatic N) is 5. The number of imidazole rings is 1. The third-order valence-corrected chi connectivity index (χ3v) is 9.24. The van der Waals surface area contributed by atoms with Gasteiger partial charge in [0.15, 0.2) is 0 Å². The van der Waals surface area contributed by atoms with Crippen LogP contribution in [0.2, 0.25) is 0 Å². The topological polar surface area (TPSA) is 128 Å². The highest BCUT2D eigenvalue weighted by atomic mass is 19.4. The van der Waals surface area contributed by atoms with Crippen molar-refractivity contribution < 1.29 is 31.9 Å². The van der Waals surface area contributed by atoms with Crippen molar-refractivity contribution in [2.45, 2.75) is 31.9 Å². The summed E-state index contributed by atoms with van der Waals surface area (Å²) in [5, 5.41) is 2.42. The number of nitrogen functional groups attached to an aromatic ring is 1. The number of piperidine rings is 1. The molecule has 0 spiro atoms. The lowest BCUT2D eigenvalue weighted by molar-refractivity contribution is -0.170. The number of aromatic nitrogens is 4. The Bertz CT molecular complexity index is 2140. The normalized spacial score (nSPS) is 17.4. The molecule has 2 aliphatic heterocycles. The first-order chi connectivity index (χ1) is 24.4. The second-order valence-electron chi connectivity index (χ2n) is 13.1. The van der Waals surface area contributed by atoms with Gasteiger partial charge in [0.25, 0.3) is 5.91 Å². The van der Waals surface area contributed by atoms with Crippen molar-refractivity contribution in [3.05, 3.63) is 107 Å². The van der Waals surface area contributed by atoms with Crippen LogP contribution < -0.4 is 11.1 Å². The Hall–Kier alpha value is -5.63. The first-order valence-corrected chi connectivity index (χ1v) is 16.3. The molecule has 7 rings (SSSR count). The molecule has 3 aromatic heterocycles. The maximum Gasteiger partial charge on any atom is 0.416 e. The maximum absolute atomic E-state index is 13.6. The molecule has 3 N–H and O–H groups in total. The van der Waals surface area contributed by atoms with Gasteiger partial charge in [0, 0.05) is 36.3 Å². The van der Waals surface area contributed by atoms with E-state index in [-0.39, 0.29) is 34.8 Å². The number of anilines is 2. The lowest BCUT2D eigenvalue weighted by Crippen LogP contribution is -2.55. The number of hydrogen-bond donors (Lipinski definition) is 2. The van der Waals surface area contributed by atoms with E-state index in [1.165, 1.54) is 24.3 Å². The Morgan fingerprint density at radius 2 is 1.78 bits per heavy atom. The Kier molecular flexibility index (Phi) is 8.79. The first kappa shape index (κ1) is 33.8. The zero-order chi connectivity index (χ0) is 35.9. The molecule has 0 bridgehead atoms. The Balaban J connectivity index is 1.25. The molecule has 0 saturated carbocycles. The fourth-order valence-corrected chi connectivity index (χ4v) is 6.47. The molecule has 2 fully saturated rings. The number of alkyl halides is 3. The highest BCUT2D eigenvalue weighted by Gasteiger charge is 2.45. The van der Waals surface area contributed by atoms with Crippen LogP contribution in [-0.4, -0.2) is 62.4 Å². The van der Waals surface area contributed by atoms with E-state index < -0.39 is 23.1 Å². The number of hydrogen-bond acceptors (Lipinski definition) is 7. The van der Waals surface area contributed by atoms with Crippen molar-refractivity contribution in [1.29, 1.82) is 0 Å². The summed E-state index contributed by atoms with van der Waals surface area (Å²) in [6.07, 6.45) is 3.23. The van der Waals surface area contributed by atoms with Crippen LogP contribution in [0.1, 0.15) is 58.7 Å². The van der Waals surface area contributed by atoms with Gasteiger partial charge in [-0.15, -0.1) is 0 Å². The lowest BCUT2D eigenvalue weighted by atomic mass is 9.85. The molecule has 1 atom stereocenters. The van der Waals surface area contributed by atoms with E-state index in [2.05, 4.69) is 15.3 Å². The molecule has 5 heterocycles. The zero-order valence-corrected chi connectivity index (χ0v) is 27.5. The number of halogens is 4. The van der Waals surface area contributed by atoms with Crippen LogP contribution in [0.3, 0.4) is 0 Å². The lowest BCUT2D eigenvalue weighted by Gasteiger charge is -2.42. The number of benzene rings is 2. The summed E-state index contributed by atoms with van der Waals surface area (Å²) < 4.78 is 60.4. The Morgan fingerprint density at radius 3 is 2.47 bits per heavy atom. The third-order valence-electron chi connectivity index (χ3n) is 9.24. The van der Waals surface area contributed by atoms with Crippen LogP contribution in [0.5, 0.6) is 0 Å². The van der Waals surface area contributed by atoms with Crippen molar-refractivity contribution in [3.63, 3.8) is 0 Å². The number of carbonyl (C=O) groups excluding carboxylic acids is 2. The average molecular weight is 700 g/mol. The average Bonchev–Trinajstić information content (AvgIpc) is 3.52. The van der Waals surface area contributed by atoms with Gasteiger partial charge in [0.1, 0.15) is 34.5 Å². The predicted molar refractivity (Wildman–Crippen MR) is 183 cm³/mol. The minimum absolute atomic E-state index is 0.0475. The molecule has 14 heteroatoms. The second kappa shape index (κ2) is 13.2. The molecule has 262 valence electrons. The molecule has 2 saturated heterocycles. The molecule has 5 aromatic rings. The van der Waals surface area contributed by atoms with Gasteiger partial charge < -0.3 is 20.7 Å². The fourth-order valence-electron chi connectivity index (χ4n) is 6.47. The quantitative estimate of drug-likeness (QED) is 0.181. The van der Waals surface area contributed by atoms with Crippen LogP contribution in [0.4, 0.5) is 29.2 Å². The summed E-state index contributed by atoms with van der Waals surface area (Å²) in [5.41, 5.74) is 8.30. The van der Waals surface area contributed by atoms with Gasteiger partial charge in [-0.05, 0) is 67.8 Å². The summed E-state index contributed by atoms with van der Waals surface area (Å²) in [4.78, 5) is 41.8. The Morgan fingerprint density at radius 1 is 1.04 bits per heavy atom. The van der Waals surface area contributed by atoms with Gasteiger partial charge in [-0.3, -0.25) is 14.0 Å². The monoisotopic (exact) mass is 699 g/mol. The van der Waals surface area contributed by atoms with Crippen LogP contribution >= 0.6 is 0 Å². The van der Waals surface area contributed by atoms with E-state index in [4.69, 9.17) is 15.5 Å². The second-order valence-corrected chi connectivity index (χ2v) is 13.1. The van der Waals surface area contributed by atoms with Crippen molar-refractivity contribution in [1.82, 2.24) is 24.3 Å². The summed E-state index contributed by atoms with van der Waals surface area (Å²) >= 11 is 0. The standard InChI is InChI=1S/C37H33F4N7O3/c1-36(20-51-21-36)35(50)47-16-2-3-25(19-47)33-46-30(31-32(42)44-18-28(48(31)33)13-6-22-4-11-27(38)12-5-22)23-7-9-24(10-8-23)34(49)45-29-17-26(14-15-43-29)37(39,40)41/h4-15,17-18,25H,2-3,16,19-21H2,1H3,(H2,42,44)(H,43,45,49)/b13-6+. The molecule has 51 heavy (non-hydrogen) atoms. The number of ether oxygens (including phenoxy) is 1. The maximum atomic E-state index is 13.6. The molecule has 0 radical (unpaired) electrons. The van der Waals surface area contributed by atoms with Gasteiger partial charge in [-0.25, -0.2) is 19.3 Å². The highest BCUT2D eigenvalue weighted by molar-refractivity contribution is 6.04. The number of fused-ring (bicyclic) bond motifs is 1. The number of nitrogens with two attached hydrogens (primary N) is 1. The van der Waals surface area contributed by atoms with Crippen LogP contribution in [0.15, 0.2) is 73.1 Å². The van der Waals surface area contributed by atoms with Crippen molar-refractivity contribution in [3.8, 4) is 11.3 Å². The van der Waals surface area contributed by atoms with Gasteiger partial charge in [-0.1, -0.05) is 30.3 Å². The number of pyridine rings is 1. The van der Waals surface area contributed by atoms with Gasteiger partial charge in [0.2, 0.25) is 5.91 Å². The van der Waals surface area contributed by atoms with Crippen molar-refractivity contribution in [2.24, 2.45) is 5.41 Å². The van der Waals surface area contributed by atoms with Crippen LogP contribution in [-0.2, 0) is 15.7 Å². The summed E-state index contributed by atoms with van der Waals surface area (Å²) in [6.45, 7) is 3.75. The smallest absolute Gasteiger partial charge is 0.382 e. The molecule has 2 aliphatic rings. The number of nitrogens with one attached hydrogen (secondary N) is 1. The largest absolute Gasteiger partial charge is 0.416 e. The van der Waals surface area contributed by atoms with Gasteiger partial charge in [-0.2, -0.15) is 13.2 Å². The molecule has 0 aliphatic carbocycles. The minimum Gasteiger partial charge on any atom is -0.382 e. The van der Waals surface area contributed by atoms with Crippen LogP contribution in [0, 0.1) is 11.2 Å².